The number of alkyl carbamates (subject to hydrolysis) is 1. The van der Waals surface area contributed by atoms with Gasteiger partial charge in [-0.15, -0.1) is 0 Å². The second kappa shape index (κ2) is 4.99. The van der Waals surface area contributed by atoms with Crippen LogP contribution in [0.4, 0.5) is 18.0 Å². The third kappa shape index (κ3) is 4.09. The van der Waals surface area contributed by atoms with Crippen LogP contribution >= 0.6 is 0 Å². The molecule has 0 aromatic heterocycles. The molecule has 1 heterocycles. The number of carbonyl (C=O) groups is 2. The standard InChI is InChI=1S/C11H16F3NO4/c1-9(2,3)19-8(17)15-10(4-5-18-6-10)7(16)11(12,13)14/h4-6H2,1-3H3,(H,15,17). The molecule has 0 saturated carbocycles. The third-order valence-corrected chi connectivity index (χ3v) is 2.45. The smallest absolute Gasteiger partial charge is 0.444 e. The second-order valence-corrected chi connectivity index (χ2v) is 5.34. The first kappa shape index (κ1) is 15.7. The molecule has 0 aromatic carbocycles. The Morgan fingerprint density at radius 3 is 2.21 bits per heavy atom. The Bertz CT molecular complexity index is 367. The Balaban J connectivity index is 2.84. The summed E-state index contributed by atoms with van der Waals surface area (Å²) in [7, 11) is 0. The topological polar surface area (TPSA) is 64.6 Å². The molecule has 1 N–H and O–H groups in total. The fourth-order valence-corrected chi connectivity index (χ4v) is 1.67. The van der Waals surface area contributed by atoms with E-state index in [2.05, 4.69) is 0 Å². The summed E-state index contributed by atoms with van der Waals surface area (Å²) in [6, 6.07) is 0. The molecule has 8 heteroatoms. The molecule has 110 valence electrons. The van der Waals surface area contributed by atoms with Gasteiger partial charge in [0.05, 0.1) is 6.61 Å². The number of rotatable bonds is 2. The molecule has 0 spiro atoms. The molecule has 1 aliphatic rings. The number of ketones is 1. The summed E-state index contributed by atoms with van der Waals surface area (Å²) >= 11 is 0. The minimum atomic E-state index is -5.04. The lowest BCUT2D eigenvalue weighted by Crippen LogP contribution is -2.60. The van der Waals surface area contributed by atoms with Crippen LogP contribution in [0.25, 0.3) is 0 Å². The van der Waals surface area contributed by atoms with E-state index in [9.17, 15) is 22.8 Å². The first-order valence-electron chi connectivity index (χ1n) is 5.67. The van der Waals surface area contributed by atoms with Crippen molar-refractivity contribution >= 4 is 11.9 Å². The average Bonchev–Trinajstić information content (AvgIpc) is 2.61. The highest BCUT2D eigenvalue weighted by Gasteiger charge is 2.56. The van der Waals surface area contributed by atoms with Gasteiger partial charge in [-0.3, -0.25) is 4.79 Å². The van der Waals surface area contributed by atoms with E-state index in [-0.39, 0.29) is 13.0 Å². The van der Waals surface area contributed by atoms with Crippen molar-refractivity contribution in [3.63, 3.8) is 0 Å². The molecule has 1 fully saturated rings. The van der Waals surface area contributed by atoms with Crippen molar-refractivity contribution in [2.24, 2.45) is 0 Å². The molecule has 1 rings (SSSR count). The van der Waals surface area contributed by atoms with Gasteiger partial charge in [0.2, 0.25) is 0 Å². The van der Waals surface area contributed by atoms with E-state index >= 15 is 0 Å². The summed E-state index contributed by atoms with van der Waals surface area (Å²) in [5.74, 6) is -2.02. The van der Waals surface area contributed by atoms with E-state index in [0.29, 0.717) is 0 Å². The zero-order valence-corrected chi connectivity index (χ0v) is 10.9. The molecule has 0 radical (unpaired) electrons. The second-order valence-electron chi connectivity index (χ2n) is 5.34. The van der Waals surface area contributed by atoms with Crippen LogP contribution in [0.5, 0.6) is 0 Å². The lowest BCUT2D eigenvalue weighted by molar-refractivity contribution is -0.178. The van der Waals surface area contributed by atoms with E-state index in [1.54, 1.807) is 20.8 Å². The van der Waals surface area contributed by atoms with Crippen molar-refractivity contribution in [1.29, 1.82) is 0 Å². The van der Waals surface area contributed by atoms with Gasteiger partial charge >= 0.3 is 12.3 Å². The highest BCUT2D eigenvalue weighted by molar-refractivity contribution is 5.96. The van der Waals surface area contributed by atoms with Gasteiger partial charge in [0, 0.05) is 13.0 Å². The summed E-state index contributed by atoms with van der Waals surface area (Å²) in [4.78, 5) is 23.0. The van der Waals surface area contributed by atoms with Gasteiger partial charge in [0.25, 0.3) is 5.78 Å². The zero-order valence-electron chi connectivity index (χ0n) is 10.9. The monoisotopic (exact) mass is 283 g/mol. The van der Waals surface area contributed by atoms with E-state index < -0.39 is 35.8 Å². The van der Waals surface area contributed by atoms with Gasteiger partial charge in [-0.25, -0.2) is 4.79 Å². The molecular weight excluding hydrogens is 267 g/mol. The summed E-state index contributed by atoms with van der Waals surface area (Å²) in [6.45, 7) is 4.16. The summed E-state index contributed by atoms with van der Waals surface area (Å²) in [5.41, 5.74) is -2.95. The van der Waals surface area contributed by atoms with Crippen LogP contribution in [0.2, 0.25) is 0 Å². The lowest BCUT2D eigenvalue weighted by Gasteiger charge is -2.29. The van der Waals surface area contributed by atoms with Crippen molar-refractivity contribution < 1.29 is 32.2 Å². The molecule has 1 saturated heterocycles. The molecule has 1 amide bonds. The van der Waals surface area contributed by atoms with E-state index in [1.165, 1.54) is 0 Å². The maximum atomic E-state index is 12.5. The minimum absolute atomic E-state index is 0.0301. The van der Waals surface area contributed by atoms with Crippen molar-refractivity contribution in [1.82, 2.24) is 5.32 Å². The largest absolute Gasteiger partial charge is 0.452 e. The zero-order chi connectivity index (χ0) is 14.9. The van der Waals surface area contributed by atoms with Gasteiger partial charge in [0.1, 0.15) is 11.1 Å². The number of hydrogen-bond acceptors (Lipinski definition) is 4. The van der Waals surface area contributed by atoms with Crippen molar-refractivity contribution in [2.45, 2.75) is 44.5 Å². The fourth-order valence-electron chi connectivity index (χ4n) is 1.67. The number of Topliss-reactive ketones (excluding diaryl/α,β-unsaturated/α-hetero) is 1. The van der Waals surface area contributed by atoms with Crippen LogP contribution in [0.3, 0.4) is 0 Å². The van der Waals surface area contributed by atoms with Crippen molar-refractivity contribution in [3.05, 3.63) is 0 Å². The third-order valence-electron chi connectivity index (χ3n) is 2.45. The molecule has 1 unspecified atom stereocenters. The number of halogens is 3. The molecule has 19 heavy (non-hydrogen) atoms. The predicted octanol–water partition coefficient (Wildman–Crippen LogP) is 1.80. The highest BCUT2D eigenvalue weighted by atomic mass is 19.4. The number of ether oxygens (including phenoxy) is 2. The van der Waals surface area contributed by atoms with Crippen molar-refractivity contribution in [3.8, 4) is 0 Å². The molecule has 1 aliphatic heterocycles. The van der Waals surface area contributed by atoms with Crippen molar-refractivity contribution in [2.75, 3.05) is 13.2 Å². The molecule has 0 aliphatic carbocycles. The van der Waals surface area contributed by atoms with Crippen LogP contribution in [0, 0.1) is 0 Å². The molecule has 1 atom stereocenters. The SMILES string of the molecule is CC(C)(C)OC(=O)NC1(C(=O)C(F)(F)F)CCOC1. The van der Waals surface area contributed by atoms with E-state index in [0.717, 1.165) is 0 Å². The van der Waals surface area contributed by atoms with Crippen LogP contribution in [0.15, 0.2) is 0 Å². The lowest BCUT2D eigenvalue weighted by atomic mass is 9.92. The molecule has 5 nitrogen and oxygen atoms in total. The number of carbonyl (C=O) groups excluding carboxylic acids is 2. The maximum Gasteiger partial charge on any atom is 0.452 e. The number of alkyl halides is 3. The predicted molar refractivity (Wildman–Crippen MR) is 58.6 cm³/mol. The number of nitrogens with one attached hydrogen (secondary N) is 1. The first-order valence-corrected chi connectivity index (χ1v) is 5.67. The van der Waals surface area contributed by atoms with Gasteiger partial charge in [-0.1, -0.05) is 0 Å². The Morgan fingerprint density at radius 1 is 1.26 bits per heavy atom. The van der Waals surface area contributed by atoms with Gasteiger partial charge in [0.15, 0.2) is 0 Å². The first-order chi connectivity index (χ1) is 8.46. The summed E-state index contributed by atoms with van der Waals surface area (Å²) in [5, 5.41) is 2.00. The number of amides is 1. The van der Waals surface area contributed by atoms with Gasteiger partial charge in [-0.05, 0) is 20.8 Å². The van der Waals surface area contributed by atoms with Crippen LogP contribution in [-0.4, -0.2) is 42.4 Å². The Kier molecular flexibility index (Phi) is 4.14. The fraction of sp³-hybridized carbons (Fsp3) is 0.818. The van der Waals surface area contributed by atoms with E-state index in [1.807, 2.05) is 5.32 Å². The van der Waals surface area contributed by atoms with Gasteiger partial charge < -0.3 is 14.8 Å². The number of hydrogen-bond donors (Lipinski definition) is 1. The normalized spacial score (nSPS) is 24.1. The maximum absolute atomic E-state index is 12.5. The van der Waals surface area contributed by atoms with Crippen LogP contribution in [0.1, 0.15) is 27.2 Å². The quantitative estimate of drug-likeness (QED) is 0.839. The van der Waals surface area contributed by atoms with Crippen LogP contribution < -0.4 is 5.32 Å². The summed E-state index contributed by atoms with van der Waals surface area (Å²) < 4.78 is 47.3. The highest BCUT2D eigenvalue weighted by Crippen LogP contribution is 2.30. The minimum Gasteiger partial charge on any atom is -0.444 e. The Labute approximate surface area is 108 Å². The molecule has 0 bridgehead atoms. The molecular formula is C11H16F3NO4. The van der Waals surface area contributed by atoms with Crippen LogP contribution in [-0.2, 0) is 14.3 Å². The summed E-state index contributed by atoms with van der Waals surface area (Å²) in [6.07, 6.45) is -6.34. The van der Waals surface area contributed by atoms with Gasteiger partial charge in [-0.2, -0.15) is 13.2 Å². The Hall–Kier alpha value is -1.31. The average molecular weight is 283 g/mol. The Morgan fingerprint density at radius 2 is 1.84 bits per heavy atom. The van der Waals surface area contributed by atoms with E-state index in [4.69, 9.17) is 9.47 Å². The molecule has 0 aromatic rings.